The fourth-order valence-corrected chi connectivity index (χ4v) is 2.51. The van der Waals surface area contributed by atoms with Crippen molar-refractivity contribution in [1.29, 1.82) is 0 Å². The maximum Gasteiger partial charge on any atom is 0.0263 e. The first kappa shape index (κ1) is 11.0. The number of benzene rings is 1. The number of nitrogens with zero attached hydrogens (tertiary/aromatic N) is 1. The monoisotopic (exact) mass is 223 g/mol. The highest BCUT2D eigenvalue weighted by molar-refractivity contribution is 6.18. The van der Waals surface area contributed by atoms with Crippen LogP contribution in [0.5, 0.6) is 0 Å². The van der Waals surface area contributed by atoms with Gasteiger partial charge >= 0.3 is 0 Å². The molecule has 0 N–H and O–H groups in total. The molecule has 15 heavy (non-hydrogen) atoms. The first-order valence-corrected chi connectivity index (χ1v) is 6.24. The molecule has 82 valence electrons. The molecule has 2 heteroatoms. The minimum atomic E-state index is 0.698. The summed E-state index contributed by atoms with van der Waals surface area (Å²) in [6.45, 7) is 3.47. The lowest BCUT2D eigenvalue weighted by molar-refractivity contribution is 0.178. The third-order valence-electron chi connectivity index (χ3n) is 3.07. The van der Waals surface area contributed by atoms with Crippen LogP contribution in [0.15, 0.2) is 30.3 Å². The van der Waals surface area contributed by atoms with Crippen molar-refractivity contribution in [2.75, 3.05) is 19.0 Å². The Kier molecular flexibility index (Phi) is 4.04. The number of likely N-dealkylation sites (tertiary alicyclic amines) is 1. The molecular weight excluding hydrogens is 206 g/mol. The van der Waals surface area contributed by atoms with Gasteiger partial charge in [0.25, 0.3) is 0 Å². The highest BCUT2D eigenvalue weighted by Gasteiger charge is 2.18. The summed E-state index contributed by atoms with van der Waals surface area (Å²) in [4.78, 5) is 2.52. The first-order chi connectivity index (χ1) is 7.38. The molecule has 1 fully saturated rings. The van der Waals surface area contributed by atoms with E-state index >= 15 is 0 Å². The third-order valence-corrected chi connectivity index (χ3v) is 3.51. The number of rotatable bonds is 3. The third kappa shape index (κ3) is 3.22. The van der Waals surface area contributed by atoms with Crippen LogP contribution in [-0.4, -0.2) is 23.9 Å². The molecule has 0 saturated carbocycles. The van der Waals surface area contributed by atoms with Crippen LogP contribution in [0.25, 0.3) is 0 Å². The van der Waals surface area contributed by atoms with E-state index in [2.05, 4.69) is 35.2 Å². The molecule has 1 aliphatic rings. The van der Waals surface area contributed by atoms with Gasteiger partial charge < -0.3 is 0 Å². The van der Waals surface area contributed by atoms with Crippen molar-refractivity contribution >= 4 is 11.6 Å². The summed E-state index contributed by atoms with van der Waals surface area (Å²) >= 11 is 5.92. The van der Waals surface area contributed by atoms with Gasteiger partial charge in [0.2, 0.25) is 0 Å². The number of hydrogen-bond donors (Lipinski definition) is 0. The smallest absolute Gasteiger partial charge is 0.0263 e. The summed E-state index contributed by atoms with van der Waals surface area (Å²) in [7, 11) is 0. The van der Waals surface area contributed by atoms with Crippen LogP contribution in [0.3, 0.4) is 0 Å². The van der Waals surface area contributed by atoms with Crippen molar-refractivity contribution in [3.05, 3.63) is 35.9 Å². The zero-order valence-corrected chi connectivity index (χ0v) is 9.79. The highest BCUT2D eigenvalue weighted by Crippen LogP contribution is 2.19. The predicted molar refractivity (Wildman–Crippen MR) is 65.2 cm³/mol. The molecule has 0 radical (unpaired) electrons. The van der Waals surface area contributed by atoms with Gasteiger partial charge in [0.05, 0.1) is 0 Å². The summed E-state index contributed by atoms with van der Waals surface area (Å²) in [6, 6.07) is 10.7. The highest BCUT2D eigenvalue weighted by atomic mass is 35.5. The van der Waals surface area contributed by atoms with Crippen LogP contribution < -0.4 is 0 Å². The second-order valence-corrected chi connectivity index (χ2v) is 4.69. The zero-order valence-electron chi connectivity index (χ0n) is 9.03. The summed E-state index contributed by atoms with van der Waals surface area (Å²) < 4.78 is 0. The summed E-state index contributed by atoms with van der Waals surface area (Å²) in [5.74, 6) is 1.51. The van der Waals surface area contributed by atoms with Crippen molar-refractivity contribution in [2.24, 2.45) is 5.92 Å². The molecule has 1 unspecified atom stereocenters. The number of alkyl halides is 1. The van der Waals surface area contributed by atoms with E-state index in [4.69, 9.17) is 11.6 Å². The lowest BCUT2D eigenvalue weighted by Crippen LogP contribution is -2.35. The first-order valence-electron chi connectivity index (χ1n) is 5.70. The predicted octanol–water partition coefficient (Wildman–Crippen LogP) is 3.14. The van der Waals surface area contributed by atoms with Gasteiger partial charge in [-0.05, 0) is 30.9 Å². The largest absolute Gasteiger partial charge is 0.299 e. The van der Waals surface area contributed by atoms with Gasteiger partial charge in [-0.25, -0.2) is 0 Å². The van der Waals surface area contributed by atoms with E-state index in [1.807, 2.05) is 0 Å². The molecule has 0 spiro atoms. The molecule has 1 saturated heterocycles. The Balaban J connectivity index is 1.89. The Bertz CT molecular complexity index is 286. The second-order valence-electron chi connectivity index (χ2n) is 4.38. The number of piperidine rings is 1. The second kappa shape index (κ2) is 5.53. The molecule has 2 rings (SSSR count). The molecule has 1 aromatic rings. The number of halogens is 1. The number of hydrogen-bond acceptors (Lipinski definition) is 1. The Morgan fingerprint density at radius 1 is 1.27 bits per heavy atom. The Hall–Kier alpha value is -0.530. The zero-order chi connectivity index (χ0) is 10.5. The molecule has 1 heterocycles. The van der Waals surface area contributed by atoms with Gasteiger partial charge in [0, 0.05) is 19.0 Å². The van der Waals surface area contributed by atoms with Crippen LogP contribution in [0.4, 0.5) is 0 Å². The van der Waals surface area contributed by atoms with Gasteiger partial charge in [-0.15, -0.1) is 11.6 Å². The van der Waals surface area contributed by atoms with E-state index in [9.17, 15) is 0 Å². The molecular formula is C13H18ClN. The Morgan fingerprint density at radius 3 is 2.80 bits per heavy atom. The summed E-state index contributed by atoms with van der Waals surface area (Å²) in [5.41, 5.74) is 1.41. The van der Waals surface area contributed by atoms with Crippen molar-refractivity contribution in [3.63, 3.8) is 0 Å². The molecule has 0 aliphatic carbocycles. The SMILES string of the molecule is ClCC1CCCN(Cc2ccccc2)C1. The van der Waals surface area contributed by atoms with E-state index in [0.717, 1.165) is 12.4 Å². The molecule has 1 aromatic carbocycles. The van der Waals surface area contributed by atoms with Crippen molar-refractivity contribution in [2.45, 2.75) is 19.4 Å². The van der Waals surface area contributed by atoms with E-state index < -0.39 is 0 Å². The molecule has 1 nitrogen and oxygen atoms in total. The quantitative estimate of drug-likeness (QED) is 0.712. The minimum absolute atomic E-state index is 0.698. The van der Waals surface area contributed by atoms with Gasteiger partial charge in [-0.2, -0.15) is 0 Å². The molecule has 0 amide bonds. The van der Waals surface area contributed by atoms with Gasteiger partial charge in [-0.3, -0.25) is 4.90 Å². The van der Waals surface area contributed by atoms with Crippen LogP contribution >= 0.6 is 11.6 Å². The molecule has 0 bridgehead atoms. The average molecular weight is 224 g/mol. The van der Waals surface area contributed by atoms with Crippen molar-refractivity contribution < 1.29 is 0 Å². The topological polar surface area (TPSA) is 3.24 Å². The fourth-order valence-electron chi connectivity index (χ4n) is 2.26. The maximum absolute atomic E-state index is 5.92. The average Bonchev–Trinajstić information content (AvgIpc) is 2.31. The van der Waals surface area contributed by atoms with Gasteiger partial charge in [-0.1, -0.05) is 30.3 Å². The molecule has 0 aromatic heterocycles. The molecule has 1 atom stereocenters. The molecule has 1 aliphatic heterocycles. The van der Waals surface area contributed by atoms with Gasteiger partial charge in [0.1, 0.15) is 0 Å². The summed E-state index contributed by atoms with van der Waals surface area (Å²) in [5, 5.41) is 0. The normalized spacial score (nSPS) is 22.9. The van der Waals surface area contributed by atoms with Crippen LogP contribution in [-0.2, 0) is 6.54 Å². The summed E-state index contributed by atoms with van der Waals surface area (Å²) in [6.07, 6.45) is 2.60. The van der Waals surface area contributed by atoms with Crippen molar-refractivity contribution in [1.82, 2.24) is 4.90 Å². The van der Waals surface area contributed by atoms with E-state index in [-0.39, 0.29) is 0 Å². The lowest BCUT2D eigenvalue weighted by Gasteiger charge is -2.31. The van der Waals surface area contributed by atoms with Crippen LogP contribution in [0.2, 0.25) is 0 Å². The van der Waals surface area contributed by atoms with E-state index in [1.54, 1.807) is 0 Å². The minimum Gasteiger partial charge on any atom is -0.299 e. The lowest BCUT2D eigenvalue weighted by atomic mass is 9.99. The standard InChI is InChI=1S/C13H18ClN/c14-9-13-7-4-8-15(11-13)10-12-5-2-1-3-6-12/h1-3,5-6,13H,4,7-11H2. The maximum atomic E-state index is 5.92. The van der Waals surface area contributed by atoms with Crippen molar-refractivity contribution in [3.8, 4) is 0 Å². The Labute approximate surface area is 97.0 Å². The van der Waals surface area contributed by atoms with Gasteiger partial charge in [0.15, 0.2) is 0 Å². The van der Waals surface area contributed by atoms with E-state index in [1.165, 1.54) is 31.5 Å². The fraction of sp³-hybridized carbons (Fsp3) is 0.538. The van der Waals surface area contributed by atoms with Crippen LogP contribution in [0, 0.1) is 5.92 Å². The van der Waals surface area contributed by atoms with Crippen LogP contribution in [0.1, 0.15) is 18.4 Å². The Morgan fingerprint density at radius 2 is 2.07 bits per heavy atom. The van der Waals surface area contributed by atoms with E-state index in [0.29, 0.717) is 5.92 Å².